The maximum absolute atomic E-state index is 11.0. The van der Waals surface area contributed by atoms with Crippen LogP contribution in [0.25, 0.3) is 0 Å². The van der Waals surface area contributed by atoms with Gasteiger partial charge in [0.2, 0.25) is 0 Å². The van der Waals surface area contributed by atoms with Crippen molar-refractivity contribution in [1.29, 1.82) is 0 Å². The number of nitrogens with zero attached hydrogens (tertiary/aromatic N) is 1. The molecule has 1 saturated heterocycles. The average molecular weight is 332 g/mol. The van der Waals surface area contributed by atoms with E-state index in [4.69, 9.17) is 16.7 Å². The summed E-state index contributed by atoms with van der Waals surface area (Å²) in [6.45, 7) is 4.37. The van der Waals surface area contributed by atoms with Gasteiger partial charge in [0, 0.05) is 24.2 Å². The Morgan fingerprint density at radius 1 is 1.48 bits per heavy atom. The van der Waals surface area contributed by atoms with Crippen LogP contribution < -0.4 is 9.86 Å². The molecule has 0 bridgehead atoms. The molecule has 1 aliphatic rings. The van der Waals surface area contributed by atoms with Gasteiger partial charge in [-0.25, -0.2) is 9.86 Å². The van der Waals surface area contributed by atoms with Gasteiger partial charge in [0.15, 0.2) is 0 Å². The Bertz CT molecular complexity index is 579. The third kappa shape index (κ3) is 4.93. The predicted molar refractivity (Wildman–Crippen MR) is 85.3 cm³/mol. The summed E-state index contributed by atoms with van der Waals surface area (Å²) >= 11 is 6.26. The SMILES string of the molecule is C[C@H](c1ccccc1Cl)N1CCC[C@H](CNS(N)(=O)=O)C1. The first-order valence-corrected chi connectivity index (χ1v) is 9.05. The van der Waals surface area contributed by atoms with Crippen LogP contribution >= 0.6 is 11.6 Å². The highest BCUT2D eigenvalue weighted by Crippen LogP contribution is 2.30. The van der Waals surface area contributed by atoms with E-state index in [1.165, 1.54) is 0 Å². The molecule has 0 saturated carbocycles. The van der Waals surface area contributed by atoms with E-state index >= 15 is 0 Å². The molecular weight excluding hydrogens is 310 g/mol. The number of hydrogen-bond acceptors (Lipinski definition) is 3. The monoisotopic (exact) mass is 331 g/mol. The minimum absolute atomic E-state index is 0.219. The number of hydrogen-bond donors (Lipinski definition) is 2. The molecular formula is C14H22ClN3O2S. The van der Waals surface area contributed by atoms with Crippen LogP contribution in [0.5, 0.6) is 0 Å². The van der Waals surface area contributed by atoms with Crippen LogP contribution in [0.3, 0.4) is 0 Å². The fourth-order valence-electron chi connectivity index (χ4n) is 2.86. The zero-order valence-electron chi connectivity index (χ0n) is 12.1. The van der Waals surface area contributed by atoms with E-state index in [2.05, 4.69) is 16.5 Å². The molecule has 1 aromatic carbocycles. The summed E-state index contributed by atoms with van der Waals surface area (Å²) in [7, 11) is -3.61. The Kier molecular flexibility index (Phi) is 5.62. The van der Waals surface area contributed by atoms with Gasteiger partial charge in [-0.3, -0.25) is 4.90 Å². The summed E-state index contributed by atoms with van der Waals surface area (Å²) in [6.07, 6.45) is 2.06. The molecule has 0 spiro atoms. The molecule has 118 valence electrons. The molecule has 3 N–H and O–H groups in total. The normalized spacial score (nSPS) is 22.1. The van der Waals surface area contributed by atoms with Gasteiger partial charge in [-0.15, -0.1) is 0 Å². The quantitative estimate of drug-likeness (QED) is 0.865. The summed E-state index contributed by atoms with van der Waals surface area (Å²) in [5.74, 6) is 0.280. The van der Waals surface area contributed by atoms with Gasteiger partial charge in [0.05, 0.1) is 0 Å². The molecule has 0 amide bonds. The maximum atomic E-state index is 11.0. The van der Waals surface area contributed by atoms with Crippen molar-refractivity contribution >= 4 is 21.8 Å². The van der Waals surface area contributed by atoms with Gasteiger partial charge in [-0.1, -0.05) is 29.8 Å². The minimum atomic E-state index is -3.61. The standard InChI is InChI=1S/C14H22ClN3O2S/c1-11(13-6-2-3-7-14(13)15)18-8-4-5-12(10-18)9-17-21(16,19)20/h2-3,6-7,11-12,17H,4-5,8-10H2,1H3,(H2,16,19,20)/t11-,12-/m1/s1. The molecule has 1 aromatic rings. The second kappa shape index (κ2) is 7.07. The van der Waals surface area contributed by atoms with Crippen LogP contribution in [0.1, 0.15) is 31.4 Å². The summed E-state index contributed by atoms with van der Waals surface area (Å²) in [6, 6.07) is 8.07. The van der Waals surface area contributed by atoms with E-state index in [0.717, 1.165) is 36.5 Å². The smallest absolute Gasteiger partial charge is 0.274 e. The Labute approximate surface area is 131 Å². The van der Waals surface area contributed by atoms with Crippen LogP contribution in [-0.2, 0) is 10.2 Å². The van der Waals surface area contributed by atoms with Crippen LogP contribution in [-0.4, -0.2) is 33.0 Å². The Morgan fingerprint density at radius 3 is 2.86 bits per heavy atom. The van der Waals surface area contributed by atoms with Gasteiger partial charge in [-0.05, 0) is 43.9 Å². The zero-order valence-corrected chi connectivity index (χ0v) is 13.7. The van der Waals surface area contributed by atoms with Crippen molar-refractivity contribution < 1.29 is 8.42 Å². The predicted octanol–water partition coefficient (Wildman–Crippen LogP) is 1.91. The molecule has 7 heteroatoms. The van der Waals surface area contributed by atoms with Crippen molar-refractivity contribution in [3.8, 4) is 0 Å². The number of benzene rings is 1. The zero-order chi connectivity index (χ0) is 15.5. The van der Waals surface area contributed by atoms with E-state index in [1.54, 1.807) is 0 Å². The van der Waals surface area contributed by atoms with Gasteiger partial charge in [-0.2, -0.15) is 8.42 Å². The molecule has 0 aromatic heterocycles. The fraction of sp³-hybridized carbons (Fsp3) is 0.571. The first-order chi connectivity index (χ1) is 9.87. The third-order valence-electron chi connectivity index (χ3n) is 4.03. The van der Waals surface area contributed by atoms with Crippen molar-refractivity contribution in [2.75, 3.05) is 19.6 Å². The minimum Gasteiger partial charge on any atom is -0.296 e. The Morgan fingerprint density at radius 2 is 2.19 bits per heavy atom. The highest BCUT2D eigenvalue weighted by molar-refractivity contribution is 7.87. The highest BCUT2D eigenvalue weighted by Gasteiger charge is 2.25. The topological polar surface area (TPSA) is 75.4 Å². The third-order valence-corrected chi connectivity index (χ3v) is 4.94. The lowest BCUT2D eigenvalue weighted by molar-refractivity contribution is 0.133. The lowest BCUT2D eigenvalue weighted by atomic mass is 9.95. The lowest BCUT2D eigenvalue weighted by Gasteiger charge is -2.37. The average Bonchev–Trinajstić information content (AvgIpc) is 2.44. The van der Waals surface area contributed by atoms with Gasteiger partial charge < -0.3 is 0 Å². The molecule has 21 heavy (non-hydrogen) atoms. The van der Waals surface area contributed by atoms with Crippen LogP contribution in [0, 0.1) is 5.92 Å². The molecule has 0 aliphatic carbocycles. The highest BCUT2D eigenvalue weighted by atomic mass is 35.5. The largest absolute Gasteiger partial charge is 0.296 e. The van der Waals surface area contributed by atoms with E-state index < -0.39 is 10.2 Å². The lowest BCUT2D eigenvalue weighted by Crippen LogP contribution is -2.43. The van der Waals surface area contributed by atoms with Crippen molar-refractivity contribution in [2.45, 2.75) is 25.8 Å². The number of nitrogens with one attached hydrogen (secondary N) is 1. The van der Waals surface area contributed by atoms with Crippen molar-refractivity contribution in [3.05, 3.63) is 34.9 Å². The fourth-order valence-corrected chi connectivity index (χ4v) is 3.62. The number of likely N-dealkylation sites (tertiary alicyclic amines) is 1. The Hall–Kier alpha value is -0.660. The number of piperidine rings is 1. The van der Waals surface area contributed by atoms with Gasteiger partial charge in [0.25, 0.3) is 10.2 Å². The first kappa shape index (κ1) is 16.7. The number of halogens is 1. The second-order valence-corrected chi connectivity index (χ2v) is 7.38. The van der Waals surface area contributed by atoms with Gasteiger partial charge in [0.1, 0.15) is 0 Å². The van der Waals surface area contributed by atoms with Crippen molar-refractivity contribution in [2.24, 2.45) is 11.1 Å². The molecule has 5 nitrogen and oxygen atoms in total. The number of rotatable bonds is 5. The summed E-state index contributed by atoms with van der Waals surface area (Å²) in [5.41, 5.74) is 1.11. The molecule has 2 rings (SSSR count). The maximum Gasteiger partial charge on any atom is 0.274 e. The van der Waals surface area contributed by atoms with E-state index in [1.807, 2.05) is 24.3 Å². The summed E-state index contributed by atoms with van der Waals surface area (Å²) < 4.78 is 24.4. The first-order valence-electron chi connectivity index (χ1n) is 7.12. The Balaban J connectivity index is 1.99. The summed E-state index contributed by atoms with van der Waals surface area (Å²) in [4.78, 5) is 2.35. The molecule has 1 aliphatic heterocycles. The number of nitrogens with two attached hydrogens (primary N) is 1. The van der Waals surface area contributed by atoms with Crippen LogP contribution in [0.15, 0.2) is 24.3 Å². The van der Waals surface area contributed by atoms with Crippen molar-refractivity contribution in [3.63, 3.8) is 0 Å². The van der Waals surface area contributed by atoms with E-state index in [0.29, 0.717) is 6.54 Å². The molecule has 1 heterocycles. The molecule has 0 unspecified atom stereocenters. The van der Waals surface area contributed by atoms with Crippen molar-refractivity contribution in [1.82, 2.24) is 9.62 Å². The van der Waals surface area contributed by atoms with E-state index in [-0.39, 0.29) is 12.0 Å². The van der Waals surface area contributed by atoms with Crippen LogP contribution in [0.4, 0.5) is 0 Å². The molecule has 1 fully saturated rings. The molecule has 0 radical (unpaired) electrons. The van der Waals surface area contributed by atoms with E-state index in [9.17, 15) is 8.42 Å². The van der Waals surface area contributed by atoms with Crippen LogP contribution in [0.2, 0.25) is 5.02 Å². The second-order valence-electron chi connectivity index (χ2n) is 5.59. The summed E-state index contributed by atoms with van der Waals surface area (Å²) in [5, 5.41) is 5.76. The van der Waals surface area contributed by atoms with Gasteiger partial charge >= 0.3 is 0 Å². The molecule has 2 atom stereocenters.